The molecule has 9 heteroatoms. The SMILES string of the molecule is CCCCN1C(=O)c2cc(C(=O)Nc3cc(Cl)ccc3C)nn2CC1(C)C(=O)NC1CCCC1. The van der Waals surface area contributed by atoms with Crippen molar-refractivity contribution in [1.82, 2.24) is 20.0 Å². The standard InChI is InChI=1S/C25H32ClN5O3/c1-4-5-12-30-23(33)21-14-20(22(32)28-19-13-17(26)11-10-16(19)2)29-31(21)15-25(30,3)24(34)27-18-8-6-7-9-18/h10-11,13-14,18H,4-9,12,15H2,1-3H3,(H,27,34)(H,28,32). The van der Waals surface area contributed by atoms with E-state index in [-0.39, 0.29) is 30.1 Å². The van der Waals surface area contributed by atoms with E-state index in [9.17, 15) is 14.4 Å². The second-order valence-corrected chi connectivity index (χ2v) is 9.96. The molecule has 1 aromatic carbocycles. The van der Waals surface area contributed by atoms with Gasteiger partial charge in [-0.15, -0.1) is 0 Å². The maximum Gasteiger partial charge on any atom is 0.276 e. The first-order valence-electron chi connectivity index (χ1n) is 12.0. The van der Waals surface area contributed by atoms with Crippen LogP contribution in [0.3, 0.4) is 0 Å². The molecule has 2 heterocycles. The van der Waals surface area contributed by atoms with E-state index in [4.69, 9.17) is 11.6 Å². The van der Waals surface area contributed by atoms with Crippen molar-refractivity contribution in [2.75, 3.05) is 11.9 Å². The van der Waals surface area contributed by atoms with Crippen molar-refractivity contribution in [1.29, 1.82) is 0 Å². The van der Waals surface area contributed by atoms with Gasteiger partial charge < -0.3 is 15.5 Å². The number of fused-ring (bicyclic) bond motifs is 1. The van der Waals surface area contributed by atoms with Crippen LogP contribution in [0.15, 0.2) is 24.3 Å². The molecule has 1 atom stereocenters. The Balaban J connectivity index is 1.61. The number of nitrogens with zero attached hydrogens (tertiary/aromatic N) is 3. The Morgan fingerprint density at radius 3 is 2.68 bits per heavy atom. The van der Waals surface area contributed by atoms with Gasteiger partial charge in [0.2, 0.25) is 5.91 Å². The number of anilines is 1. The van der Waals surface area contributed by atoms with Crippen molar-refractivity contribution in [2.45, 2.75) is 77.4 Å². The Kier molecular flexibility index (Phi) is 6.98. The highest BCUT2D eigenvalue weighted by molar-refractivity contribution is 6.31. The molecule has 0 spiro atoms. The summed E-state index contributed by atoms with van der Waals surface area (Å²) in [5.41, 5.74) is 0.805. The van der Waals surface area contributed by atoms with Crippen molar-refractivity contribution in [3.05, 3.63) is 46.2 Å². The maximum absolute atomic E-state index is 13.5. The van der Waals surface area contributed by atoms with Gasteiger partial charge in [0.25, 0.3) is 11.8 Å². The molecule has 3 amide bonds. The number of nitrogens with one attached hydrogen (secondary N) is 2. The molecule has 1 aromatic heterocycles. The van der Waals surface area contributed by atoms with Gasteiger partial charge in [-0.05, 0) is 50.8 Å². The number of aryl methyl sites for hydroxylation is 1. The number of carbonyl (C=O) groups excluding carboxylic acids is 3. The van der Waals surface area contributed by atoms with E-state index in [1.807, 2.05) is 13.0 Å². The van der Waals surface area contributed by atoms with Crippen molar-refractivity contribution < 1.29 is 14.4 Å². The fourth-order valence-corrected chi connectivity index (χ4v) is 4.92. The Labute approximate surface area is 205 Å². The molecule has 1 aliphatic carbocycles. The highest BCUT2D eigenvalue weighted by Crippen LogP contribution is 2.30. The maximum atomic E-state index is 13.5. The monoisotopic (exact) mass is 485 g/mol. The first-order valence-corrected chi connectivity index (χ1v) is 12.4. The molecule has 0 saturated heterocycles. The van der Waals surface area contributed by atoms with Gasteiger partial charge in [0.05, 0.1) is 6.54 Å². The summed E-state index contributed by atoms with van der Waals surface area (Å²) in [6.07, 6.45) is 5.82. The predicted octanol–water partition coefficient (Wildman–Crippen LogP) is 4.17. The van der Waals surface area contributed by atoms with Crippen molar-refractivity contribution in [3.63, 3.8) is 0 Å². The van der Waals surface area contributed by atoms with E-state index < -0.39 is 11.4 Å². The zero-order valence-electron chi connectivity index (χ0n) is 20.0. The number of halogens is 1. The molecule has 2 aromatic rings. The lowest BCUT2D eigenvalue weighted by Gasteiger charge is -2.43. The van der Waals surface area contributed by atoms with Crippen LogP contribution >= 0.6 is 11.6 Å². The lowest BCUT2D eigenvalue weighted by Crippen LogP contribution is -2.65. The molecule has 1 fully saturated rings. The largest absolute Gasteiger partial charge is 0.351 e. The molecular formula is C25H32ClN5O3. The number of amides is 3. The van der Waals surface area contributed by atoms with Gasteiger partial charge in [0, 0.05) is 29.4 Å². The predicted molar refractivity (Wildman–Crippen MR) is 131 cm³/mol. The van der Waals surface area contributed by atoms with Gasteiger partial charge in [-0.25, -0.2) is 0 Å². The minimum absolute atomic E-state index is 0.124. The Hall–Kier alpha value is -2.87. The Bertz CT molecular complexity index is 1110. The number of rotatable bonds is 7. The second kappa shape index (κ2) is 9.78. The Morgan fingerprint density at radius 2 is 1.97 bits per heavy atom. The molecule has 1 saturated carbocycles. The molecule has 4 rings (SSSR count). The lowest BCUT2D eigenvalue weighted by molar-refractivity contribution is -0.133. The molecule has 1 aliphatic heterocycles. The minimum Gasteiger partial charge on any atom is -0.351 e. The number of carbonyl (C=O) groups is 3. The number of hydrogen-bond acceptors (Lipinski definition) is 4. The highest BCUT2D eigenvalue weighted by atomic mass is 35.5. The fraction of sp³-hybridized carbons (Fsp3) is 0.520. The quantitative estimate of drug-likeness (QED) is 0.615. The fourth-order valence-electron chi connectivity index (χ4n) is 4.74. The summed E-state index contributed by atoms with van der Waals surface area (Å²) in [6.45, 7) is 6.38. The average Bonchev–Trinajstić information content (AvgIpc) is 3.46. The molecule has 1 unspecified atom stereocenters. The van der Waals surface area contributed by atoms with Gasteiger partial charge in [-0.3, -0.25) is 19.1 Å². The lowest BCUT2D eigenvalue weighted by atomic mass is 9.94. The van der Waals surface area contributed by atoms with Crippen molar-refractivity contribution in [3.8, 4) is 0 Å². The topological polar surface area (TPSA) is 96.3 Å². The normalized spacial score (nSPS) is 20.4. The number of unbranched alkanes of at least 4 members (excludes halogenated alkanes) is 1. The molecule has 0 bridgehead atoms. The molecule has 2 N–H and O–H groups in total. The van der Waals surface area contributed by atoms with Crippen LogP contribution in [0, 0.1) is 6.92 Å². The van der Waals surface area contributed by atoms with Crippen LogP contribution in [0.1, 0.15) is 78.9 Å². The van der Waals surface area contributed by atoms with Crippen LogP contribution in [0.5, 0.6) is 0 Å². The van der Waals surface area contributed by atoms with E-state index in [1.165, 1.54) is 10.7 Å². The zero-order chi connectivity index (χ0) is 24.5. The number of benzene rings is 1. The molecule has 34 heavy (non-hydrogen) atoms. The summed E-state index contributed by atoms with van der Waals surface area (Å²) in [6, 6.07) is 6.90. The Morgan fingerprint density at radius 1 is 1.24 bits per heavy atom. The second-order valence-electron chi connectivity index (χ2n) is 9.52. The number of hydrogen-bond donors (Lipinski definition) is 2. The zero-order valence-corrected chi connectivity index (χ0v) is 20.7. The van der Waals surface area contributed by atoms with Gasteiger partial charge in [0.15, 0.2) is 5.69 Å². The van der Waals surface area contributed by atoms with Crippen LogP contribution in [-0.4, -0.2) is 50.5 Å². The van der Waals surface area contributed by atoms with Crippen LogP contribution in [-0.2, 0) is 11.3 Å². The summed E-state index contributed by atoms with van der Waals surface area (Å²) < 4.78 is 1.50. The van der Waals surface area contributed by atoms with Crippen LogP contribution in [0.2, 0.25) is 5.02 Å². The van der Waals surface area contributed by atoms with Crippen LogP contribution in [0.25, 0.3) is 0 Å². The van der Waals surface area contributed by atoms with E-state index in [0.717, 1.165) is 44.1 Å². The summed E-state index contributed by atoms with van der Waals surface area (Å²) in [5, 5.41) is 10.9. The van der Waals surface area contributed by atoms with E-state index in [2.05, 4.69) is 22.7 Å². The third-order valence-electron chi connectivity index (χ3n) is 6.89. The van der Waals surface area contributed by atoms with Gasteiger partial charge in [0.1, 0.15) is 11.2 Å². The smallest absolute Gasteiger partial charge is 0.276 e. The van der Waals surface area contributed by atoms with Crippen LogP contribution < -0.4 is 10.6 Å². The summed E-state index contributed by atoms with van der Waals surface area (Å²) in [5.74, 6) is -0.878. The summed E-state index contributed by atoms with van der Waals surface area (Å²) in [4.78, 5) is 41.5. The van der Waals surface area contributed by atoms with Gasteiger partial charge in [-0.1, -0.05) is 43.9 Å². The molecule has 0 radical (unpaired) electrons. The van der Waals surface area contributed by atoms with Crippen LogP contribution in [0.4, 0.5) is 5.69 Å². The minimum atomic E-state index is -1.08. The third kappa shape index (κ3) is 4.69. The average molecular weight is 486 g/mol. The third-order valence-corrected chi connectivity index (χ3v) is 7.13. The van der Waals surface area contributed by atoms with Gasteiger partial charge in [-0.2, -0.15) is 5.10 Å². The van der Waals surface area contributed by atoms with Crippen molar-refractivity contribution in [2.24, 2.45) is 0 Å². The molecule has 2 aliphatic rings. The van der Waals surface area contributed by atoms with E-state index in [1.54, 1.807) is 24.0 Å². The van der Waals surface area contributed by atoms with E-state index in [0.29, 0.717) is 22.9 Å². The summed E-state index contributed by atoms with van der Waals surface area (Å²) in [7, 11) is 0. The first-order chi connectivity index (χ1) is 16.2. The van der Waals surface area contributed by atoms with Gasteiger partial charge >= 0.3 is 0 Å². The van der Waals surface area contributed by atoms with E-state index >= 15 is 0 Å². The van der Waals surface area contributed by atoms with Crippen molar-refractivity contribution >= 4 is 35.0 Å². The molecular weight excluding hydrogens is 454 g/mol. The number of aromatic nitrogens is 2. The first kappa shape index (κ1) is 24.3. The molecule has 182 valence electrons. The molecule has 8 nitrogen and oxygen atoms in total. The highest BCUT2D eigenvalue weighted by Gasteiger charge is 2.48. The summed E-state index contributed by atoms with van der Waals surface area (Å²) >= 11 is 6.07.